The lowest BCUT2D eigenvalue weighted by molar-refractivity contribution is -0.134. The fourth-order valence-corrected chi connectivity index (χ4v) is 6.42. The average molecular weight is 555 g/mol. The number of nitrogens with one attached hydrogen (secondary N) is 3. The third kappa shape index (κ3) is 5.71. The molecular formula is C27H31FN6O4S. The van der Waals surface area contributed by atoms with Crippen LogP contribution in [0.25, 0.3) is 10.9 Å². The van der Waals surface area contributed by atoms with Gasteiger partial charge in [-0.05, 0) is 44.5 Å². The number of thiazole rings is 1. The van der Waals surface area contributed by atoms with Crippen molar-refractivity contribution in [3.63, 3.8) is 0 Å². The summed E-state index contributed by atoms with van der Waals surface area (Å²) in [5, 5.41) is 6.49. The van der Waals surface area contributed by atoms with Crippen LogP contribution in [0.15, 0.2) is 29.1 Å². The number of carbonyl (C=O) groups is 3. The van der Waals surface area contributed by atoms with Crippen LogP contribution in [-0.2, 0) is 17.8 Å². The van der Waals surface area contributed by atoms with Gasteiger partial charge in [0.1, 0.15) is 11.5 Å². The fourth-order valence-electron chi connectivity index (χ4n) is 5.33. The maximum absolute atomic E-state index is 13.6. The number of hydrogen-bond donors (Lipinski definition) is 3. The number of benzene rings is 1. The van der Waals surface area contributed by atoms with Crippen molar-refractivity contribution in [2.75, 3.05) is 27.7 Å². The molecule has 3 amide bonds. The molecule has 3 heterocycles. The second-order valence-electron chi connectivity index (χ2n) is 10.5. The molecule has 1 fully saturated rings. The van der Waals surface area contributed by atoms with Crippen LogP contribution in [0, 0.1) is 11.7 Å². The monoisotopic (exact) mass is 554 g/mol. The Balaban J connectivity index is 1.36. The van der Waals surface area contributed by atoms with Gasteiger partial charge in [0.15, 0.2) is 10.4 Å². The number of aromatic amines is 1. The zero-order valence-corrected chi connectivity index (χ0v) is 22.9. The molecule has 2 aromatic heterocycles. The molecule has 2 aliphatic rings. The molecule has 10 nitrogen and oxygen atoms in total. The number of amides is 3. The van der Waals surface area contributed by atoms with E-state index in [4.69, 9.17) is 0 Å². The van der Waals surface area contributed by atoms with Crippen LogP contribution < -0.4 is 16.1 Å². The summed E-state index contributed by atoms with van der Waals surface area (Å²) in [5.41, 5.74) is 0.847. The Hall–Kier alpha value is -3.64. The fraction of sp³-hybridized carbons (Fsp3) is 0.444. The first kappa shape index (κ1) is 26.9. The van der Waals surface area contributed by atoms with Crippen molar-refractivity contribution in [3.8, 4) is 0 Å². The Morgan fingerprint density at radius 1 is 1.13 bits per heavy atom. The molecule has 3 atom stereocenters. The number of rotatable bonds is 5. The minimum Gasteiger partial charge on any atom is -0.350 e. The highest BCUT2D eigenvalue weighted by Crippen LogP contribution is 2.28. The van der Waals surface area contributed by atoms with Crippen molar-refractivity contribution in [1.82, 2.24) is 30.4 Å². The van der Waals surface area contributed by atoms with Gasteiger partial charge in [-0.1, -0.05) is 0 Å². The van der Waals surface area contributed by atoms with E-state index in [2.05, 4.69) is 25.5 Å². The Bertz CT molecular complexity index is 1500. The Labute approximate surface area is 228 Å². The molecule has 0 saturated heterocycles. The largest absolute Gasteiger partial charge is 0.350 e. The highest BCUT2D eigenvalue weighted by molar-refractivity contribution is 7.13. The molecule has 12 heteroatoms. The first-order valence-corrected chi connectivity index (χ1v) is 13.7. The average Bonchev–Trinajstić information content (AvgIpc) is 3.33. The molecule has 0 unspecified atom stereocenters. The molecule has 206 valence electrons. The van der Waals surface area contributed by atoms with Gasteiger partial charge in [-0.25, -0.2) is 9.37 Å². The van der Waals surface area contributed by atoms with Crippen LogP contribution in [-0.4, -0.2) is 77.3 Å². The van der Waals surface area contributed by atoms with Crippen molar-refractivity contribution in [3.05, 3.63) is 61.6 Å². The maximum Gasteiger partial charge on any atom is 0.280 e. The number of carbonyl (C=O) groups excluding carboxylic acids is 3. The smallest absolute Gasteiger partial charge is 0.280 e. The number of halogens is 1. The second-order valence-corrected chi connectivity index (χ2v) is 11.6. The van der Waals surface area contributed by atoms with E-state index in [0.29, 0.717) is 29.8 Å². The molecule has 3 N–H and O–H groups in total. The summed E-state index contributed by atoms with van der Waals surface area (Å²) in [6.45, 7) is 1.63. The third-order valence-electron chi connectivity index (χ3n) is 7.43. The number of aromatic nitrogens is 2. The first-order valence-electron chi connectivity index (χ1n) is 12.9. The van der Waals surface area contributed by atoms with E-state index in [-0.39, 0.29) is 28.8 Å². The predicted molar refractivity (Wildman–Crippen MR) is 145 cm³/mol. The summed E-state index contributed by atoms with van der Waals surface area (Å²) < 4.78 is 13.6. The lowest BCUT2D eigenvalue weighted by atomic mass is 9.81. The molecule has 5 rings (SSSR count). The van der Waals surface area contributed by atoms with Gasteiger partial charge in [0.25, 0.3) is 11.8 Å². The molecule has 3 aromatic rings. The van der Waals surface area contributed by atoms with Gasteiger partial charge in [-0.15, -0.1) is 11.3 Å². The zero-order valence-electron chi connectivity index (χ0n) is 22.0. The van der Waals surface area contributed by atoms with E-state index in [1.807, 2.05) is 7.05 Å². The Morgan fingerprint density at radius 2 is 1.90 bits per heavy atom. The quantitative estimate of drug-likeness (QED) is 0.442. The van der Waals surface area contributed by atoms with Crippen LogP contribution in [0.2, 0.25) is 0 Å². The van der Waals surface area contributed by atoms with E-state index in [0.717, 1.165) is 42.2 Å². The van der Waals surface area contributed by atoms with Crippen molar-refractivity contribution in [2.45, 2.75) is 44.3 Å². The van der Waals surface area contributed by atoms with Crippen molar-refractivity contribution < 1.29 is 18.8 Å². The van der Waals surface area contributed by atoms with Crippen molar-refractivity contribution >= 4 is 40.0 Å². The van der Waals surface area contributed by atoms with Gasteiger partial charge < -0.3 is 25.4 Å². The minimum absolute atomic E-state index is 0.0298. The summed E-state index contributed by atoms with van der Waals surface area (Å²) in [7, 11) is 5.42. The Morgan fingerprint density at radius 3 is 2.67 bits per heavy atom. The second kappa shape index (κ2) is 10.9. The molecule has 1 aromatic carbocycles. The highest BCUT2D eigenvalue weighted by Gasteiger charge is 2.37. The van der Waals surface area contributed by atoms with Gasteiger partial charge in [-0.2, -0.15) is 0 Å². The van der Waals surface area contributed by atoms with Crippen LogP contribution in [0.3, 0.4) is 0 Å². The minimum atomic E-state index is -0.541. The molecule has 1 aliphatic heterocycles. The topological polar surface area (TPSA) is 128 Å². The molecule has 1 aliphatic carbocycles. The summed E-state index contributed by atoms with van der Waals surface area (Å²) >= 11 is 1.37. The van der Waals surface area contributed by atoms with E-state index in [1.54, 1.807) is 14.1 Å². The van der Waals surface area contributed by atoms with Crippen LogP contribution >= 0.6 is 11.3 Å². The molecule has 39 heavy (non-hydrogen) atoms. The summed E-state index contributed by atoms with van der Waals surface area (Å²) in [6.07, 6.45) is 2.14. The van der Waals surface area contributed by atoms with Gasteiger partial charge in [-0.3, -0.25) is 19.2 Å². The SMILES string of the molecule is CN1CCc2nc(C(=O)N[C@H]3C[C@@H](C(=O)N(C)C)CC[C@@H]3NC(=O)c3cc(=O)c4cc(F)ccc4[nH]3)sc2C1. The number of H-pyrrole nitrogens is 1. The van der Waals surface area contributed by atoms with E-state index < -0.39 is 29.2 Å². The number of likely N-dealkylation sites (N-methyl/N-ethyl adjacent to an activating group) is 1. The molecular weight excluding hydrogens is 523 g/mol. The zero-order chi connectivity index (χ0) is 27.8. The summed E-state index contributed by atoms with van der Waals surface area (Å²) in [4.78, 5) is 64.0. The van der Waals surface area contributed by atoms with E-state index in [1.165, 1.54) is 28.4 Å². The van der Waals surface area contributed by atoms with Gasteiger partial charge >= 0.3 is 0 Å². The van der Waals surface area contributed by atoms with Crippen molar-refractivity contribution in [2.24, 2.45) is 5.92 Å². The number of fused-ring (bicyclic) bond motifs is 2. The van der Waals surface area contributed by atoms with Gasteiger partial charge in [0, 0.05) is 61.9 Å². The van der Waals surface area contributed by atoms with Gasteiger partial charge in [0.2, 0.25) is 5.91 Å². The third-order valence-corrected chi connectivity index (χ3v) is 8.51. The van der Waals surface area contributed by atoms with Gasteiger partial charge in [0.05, 0.1) is 17.3 Å². The standard InChI is InChI=1S/C27H31FN6O4S/c1-33(2)27(38)14-4-6-18(30-24(36)21-12-22(35)16-11-15(28)5-7-17(16)29-21)20(10-14)31-25(37)26-32-19-8-9-34(3)13-23(19)39-26/h5,7,11-12,14,18,20H,4,6,8-10,13H2,1-3H3,(H,29,35)(H,30,36)(H,31,37)/t14-,18-,20-/m0/s1. The summed E-state index contributed by atoms with van der Waals surface area (Å²) in [6, 6.07) is 3.90. The summed E-state index contributed by atoms with van der Waals surface area (Å²) in [5.74, 6) is -1.72. The van der Waals surface area contributed by atoms with E-state index >= 15 is 0 Å². The number of pyridine rings is 1. The number of hydrogen-bond acceptors (Lipinski definition) is 7. The maximum atomic E-state index is 13.6. The number of nitrogens with zero attached hydrogens (tertiary/aromatic N) is 3. The van der Waals surface area contributed by atoms with Crippen LogP contribution in [0.4, 0.5) is 4.39 Å². The van der Waals surface area contributed by atoms with E-state index in [9.17, 15) is 23.6 Å². The molecule has 0 spiro atoms. The molecule has 0 radical (unpaired) electrons. The van der Waals surface area contributed by atoms with Crippen LogP contribution in [0.5, 0.6) is 0 Å². The lowest BCUT2D eigenvalue weighted by Gasteiger charge is -2.37. The Kier molecular flexibility index (Phi) is 7.50. The molecule has 0 bridgehead atoms. The normalized spacial score (nSPS) is 21.3. The van der Waals surface area contributed by atoms with Crippen molar-refractivity contribution in [1.29, 1.82) is 0 Å². The first-order chi connectivity index (χ1) is 18.6. The molecule has 1 saturated carbocycles. The predicted octanol–water partition coefficient (Wildman–Crippen LogP) is 1.90. The van der Waals surface area contributed by atoms with Crippen LogP contribution in [0.1, 0.15) is 50.1 Å². The highest BCUT2D eigenvalue weighted by atomic mass is 32.1. The lowest BCUT2D eigenvalue weighted by Crippen LogP contribution is -2.56.